The monoisotopic (exact) mass is 346 g/mol. The summed E-state index contributed by atoms with van der Waals surface area (Å²) in [5.74, 6) is 0. The van der Waals surface area contributed by atoms with Crippen LogP contribution in [0.15, 0.2) is 50.9 Å². The summed E-state index contributed by atoms with van der Waals surface area (Å²) in [5, 5.41) is 6.69. The highest BCUT2D eigenvalue weighted by atomic mass is 32.2. The van der Waals surface area contributed by atoms with Crippen molar-refractivity contribution in [1.82, 2.24) is 4.72 Å². The van der Waals surface area contributed by atoms with Crippen molar-refractivity contribution >= 4 is 31.4 Å². The fourth-order valence-electron chi connectivity index (χ4n) is 1.72. The van der Waals surface area contributed by atoms with E-state index in [0.717, 1.165) is 11.3 Å². The summed E-state index contributed by atoms with van der Waals surface area (Å²) in [5.41, 5.74) is 0.641. The Labute approximate surface area is 127 Å². The first-order valence-corrected chi connectivity index (χ1v) is 9.80. The van der Waals surface area contributed by atoms with Crippen LogP contribution in [-0.2, 0) is 20.0 Å². The minimum Gasteiger partial charge on any atom is -0.225 e. The molecule has 0 bridgehead atoms. The maximum atomic E-state index is 12.1. The molecule has 1 atom stereocenters. The van der Waals surface area contributed by atoms with Gasteiger partial charge in [0.1, 0.15) is 4.21 Å². The quantitative estimate of drug-likeness (QED) is 0.854. The normalized spacial score (nSPS) is 14.0. The second-order valence-corrected chi connectivity index (χ2v) is 8.84. The topological polar surface area (TPSA) is 106 Å². The summed E-state index contributed by atoms with van der Waals surface area (Å²) >= 11 is 1.13. The molecule has 0 amide bonds. The third-order valence-corrected chi connectivity index (χ3v) is 6.67. The smallest absolute Gasteiger partial charge is 0.225 e. The second-order valence-electron chi connectivity index (χ2n) is 4.39. The summed E-state index contributed by atoms with van der Waals surface area (Å²) in [6.07, 6.45) is 0. The Balaban J connectivity index is 2.20. The zero-order valence-electron chi connectivity index (χ0n) is 11.1. The first kappa shape index (κ1) is 16.1. The van der Waals surface area contributed by atoms with Gasteiger partial charge in [-0.15, -0.1) is 11.3 Å². The van der Waals surface area contributed by atoms with Gasteiger partial charge in [0, 0.05) is 6.04 Å². The van der Waals surface area contributed by atoms with Gasteiger partial charge in [-0.05, 0) is 36.1 Å². The van der Waals surface area contributed by atoms with E-state index in [9.17, 15) is 16.8 Å². The lowest BCUT2D eigenvalue weighted by Gasteiger charge is -2.14. The summed E-state index contributed by atoms with van der Waals surface area (Å²) < 4.78 is 49.3. The molecule has 0 unspecified atom stereocenters. The van der Waals surface area contributed by atoms with Gasteiger partial charge >= 0.3 is 0 Å². The molecule has 1 aromatic carbocycles. The molecule has 21 heavy (non-hydrogen) atoms. The number of primary sulfonamides is 1. The van der Waals surface area contributed by atoms with E-state index in [1.807, 2.05) is 0 Å². The highest BCUT2D eigenvalue weighted by molar-refractivity contribution is 7.91. The standard InChI is InChI=1S/C12H14N2O4S3/c1-9(14-21(17,18)12-3-2-8-19-12)10-4-6-11(7-5-10)20(13,15)16/h2-9,14H,1H3,(H2,13,15,16)/t9-/m0/s1. The van der Waals surface area contributed by atoms with Crippen LogP contribution < -0.4 is 9.86 Å². The highest BCUT2D eigenvalue weighted by Crippen LogP contribution is 2.21. The van der Waals surface area contributed by atoms with Crippen LogP contribution in [0.1, 0.15) is 18.5 Å². The largest absolute Gasteiger partial charge is 0.250 e. The average molecular weight is 346 g/mol. The van der Waals surface area contributed by atoms with Crippen molar-refractivity contribution in [3.8, 4) is 0 Å². The van der Waals surface area contributed by atoms with E-state index in [4.69, 9.17) is 5.14 Å². The van der Waals surface area contributed by atoms with Gasteiger partial charge in [0.05, 0.1) is 4.90 Å². The molecule has 3 N–H and O–H groups in total. The number of nitrogens with one attached hydrogen (secondary N) is 1. The van der Waals surface area contributed by atoms with Gasteiger partial charge in [-0.25, -0.2) is 26.7 Å². The maximum absolute atomic E-state index is 12.1. The molecular formula is C12H14N2O4S3. The maximum Gasteiger partial charge on any atom is 0.250 e. The van der Waals surface area contributed by atoms with Crippen LogP contribution in [-0.4, -0.2) is 16.8 Å². The summed E-state index contributed by atoms with van der Waals surface area (Å²) in [6.45, 7) is 1.68. The van der Waals surface area contributed by atoms with Crippen LogP contribution in [0.2, 0.25) is 0 Å². The Kier molecular flexibility index (Phi) is 4.49. The van der Waals surface area contributed by atoms with Crippen molar-refractivity contribution < 1.29 is 16.8 Å². The van der Waals surface area contributed by atoms with Crippen molar-refractivity contribution in [3.05, 3.63) is 47.3 Å². The molecule has 1 heterocycles. The molecule has 0 aliphatic rings. The molecule has 0 aliphatic carbocycles. The molecular weight excluding hydrogens is 332 g/mol. The Morgan fingerprint density at radius 3 is 2.19 bits per heavy atom. The first-order chi connectivity index (χ1) is 9.70. The van der Waals surface area contributed by atoms with Crippen molar-refractivity contribution in [3.63, 3.8) is 0 Å². The number of benzene rings is 1. The Bertz CT molecular complexity index is 810. The molecule has 0 fully saturated rings. The third kappa shape index (κ3) is 3.89. The molecule has 2 aromatic rings. The minimum atomic E-state index is -3.75. The number of thiophene rings is 1. The first-order valence-electron chi connectivity index (χ1n) is 5.89. The molecule has 2 rings (SSSR count). The SMILES string of the molecule is C[C@H](NS(=O)(=O)c1cccs1)c1ccc(S(N)(=O)=O)cc1. The molecule has 6 nitrogen and oxygen atoms in total. The van der Waals surface area contributed by atoms with Crippen LogP contribution in [0.5, 0.6) is 0 Å². The molecule has 0 spiro atoms. The number of hydrogen-bond donors (Lipinski definition) is 2. The molecule has 0 saturated heterocycles. The predicted molar refractivity (Wildman–Crippen MR) is 80.9 cm³/mol. The minimum absolute atomic E-state index is 0.0143. The summed E-state index contributed by atoms with van der Waals surface area (Å²) in [6, 6.07) is 8.44. The predicted octanol–water partition coefficient (Wildman–Crippen LogP) is 1.44. The molecule has 0 aliphatic heterocycles. The Morgan fingerprint density at radius 2 is 1.71 bits per heavy atom. The summed E-state index contributed by atoms with van der Waals surface area (Å²) in [4.78, 5) is -0.0143. The number of sulfonamides is 2. The van der Waals surface area contributed by atoms with Crippen LogP contribution in [0, 0.1) is 0 Å². The molecule has 0 saturated carbocycles. The van der Waals surface area contributed by atoms with E-state index < -0.39 is 26.1 Å². The number of rotatable bonds is 5. The second kappa shape index (κ2) is 5.85. The van der Waals surface area contributed by atoms with Crippen molar-refractivity contribution in [1.29, 1.82) is 0 Å². The highest BCUT2D eigenvalue weighted by Gasteiger charge is 2.19. The third-order valence-electron chi connectivity index (χ3n) is 2.80. The van der Waals surface area contributed by atoms with Gasteiger partial charge in [-0.2, -0.15) is 0 Å². The van der Waals surface area contributed by atoms with Gasteiger partial charge in [-0.3, -0.25) is 0 Å². The van der Waals surface area contributed by atoms with Crippen LogP contribution >= 0.6 is 11.3 Å². The van der Waals surface area contributed by atoms with Gasteiger partial charge < -0.3 is 0 Å². The van der Waals surface area contributed by atoms with Crippen molar-refractivity contribution in [2.45, 2.75) is 22.1 Å². The van der Waals surface area contributed by atoms with E-state index in [-0.39, 0.29) is 9.10 Å². The zero-order chi connectivity index (χ0) is 15.7. The van der Waals surface area contributed by atoms with Crippen molar-refractivity contribution in [2.75, 3.05) is 0 Å². The lowest BCUT2D eigenvalue weighted by atomic mass is 10.1. The van der Waals surface area contributed by atoms with E-state index in [1.54, 1.807) is 18.4 Å². The van der Waals surface area contributed by atoms with Gasteiger partial charge in [0.15, 0.2) is 0 Å². The van der Waals surface area contributed by atoms with Gasteiger partial charge in [-0.1, -0.05) is 18.2 Å². The van der Waals surface area contributed by atoms with E-state index in [0.29, 0.717) is 5.56 Å². The molecule has 0 radical (unpaired) electrons. The van der Waals surface area contributed by atoms with E-state index in [1.165, 1.54) is 30.3 Å². The zero-order valence-corrected chi connectivity index (χ0v) is 13.5. The Hall–Kier alpha value is -1.26. The molecule has 9 heteroatoms. The fraction of sp³-hybridized carbons (Fsp3) is 0.167. The number of nitrogens with two attached hydrogens (primary N) is 1. The van der Waals surface area contributed by atoms with Crippen molar-refractivity contribution in [2.24, 2.45) is 5.14 Å². The average Bonchev–Trinajstić information content (AvgIpc) is 2.92. The van der Waals surface area contributed by atoms with Crippen LogP contribution in [0.3, 0.4) is 0 Å². The lowest BCUT2D eigenvalue weighted by molar-refractivity contribution is 0.568. The molecule has 1 aromatic heterocycles. The number of hydrogen-bond acceptors (Lipinski definition) is 5. The fourth-order valence-corrected chi connectivity index (χ4v) is 4.48. The van der Waals surface area contributed by atoms with Gasteiger partial charge in [0.2, 0.25) is 10.0 Å². The lowest BCUT2D eigenvalue weighted by Crippen LogP contribution is -2.26. The van der Waals surface area contributed by atoms with Crippen LogP contribution in [0.4, 0.5) is 0 Å². The van der Waals surface area contributed by atoms with Crippen LogP contribution in [0.25, 0.3) is 0 Å². The van der Waals surface area contributed by atoms with Gasteiger partial charge in [0.25, 0.3) is 10.0 Å². The van der Waals surface area contributed by atoms with E-state index >= 15 is 0 Å². The summed E-state index contributed by atoms with van der Waals surface area (Å²) in [7, 11) is -7.33. The Morgan fingerprint density at radius 1 is 1.10 bits per heavy atom. The van der Waals surface area contributed by atoms with E-state index in [2.05, 4.69) is 4.72 Å². The molecule has 114 valence electrons.